The predicted octanol–water partition coefficient (Wildman–Crippen LogP) is 2.73. The molecular formula is C19H20N4O2. The van der Waals surface area contributed by atoms with E-state index in [1.807, 2.05) is 53.6 Å². The van der Waals surface area contributed by atoms with Crippen LogP contribution in [0.2, 0.25) is 0 Å². The van der Waals surface area contributed by atoms with Gasteiger partial charge < -0.3 is 19.3 Å². The average molecular weight is 336 g/mol. The molecule has 3 rings (SSSR count). The summed E-state index contributed by atoms with van der Waals surface area (Å²) in [6.45, 7) is 3.13. The highest BCUT2D eigenvalue weighted by atomic mass is 16.5. The number of methoxy groups -OCH3 is 1. The molecule has 1 heterocycles. The standard InChI is InChI=1S/C19H20N4O2/c1-24-17-9-7-16(8-10-17)22-11-13-23(14-12-22)19(21-15-20)25-18-5-3-2-4-6-18/h2-10H,11-14H2,1H3/b21-19+. The van der Waals surface area contributed by atoms with Gasteiger partial charge in [0.05, 0.1) is 7.11 Å². The molecule has 0 aromatic heterocycles. The smallest absolute Gasteiger partial charge is 0.308 e. The van der Waals surface area contributed by atoms with E-state index in [0.29, 0.717) is 11.8 Å². The van der Waals surface area contributed by atoms with Crippen LogP contribution >= 0.6 is 0 Å². The molecule has 2 aromatic rings. The van der Waals surface area contributed by atoms with Crippen molar-refractivity contribution in [3.63, 3.8) is 0 Å². The van der Waals surface area contributed by atoms with Crippen LogP contribution in [0.15, 0.2) is 59.6 Å². The lowest BCUT2D eigenvalue weighted by Crippen LogP contribution is -2.50. The van der Waals surface area contributed by atoms with E-state index in [-0.39, 0.29) is 0 Å². The SMILES string of the molecule is COc1ccc(N2CCN(/C(=N\C#N)Oc3ccccc3)CC2)cc1. The van der Waals surface area contributed by atoms with Gasteiger partial charge in [-0.2, -0.15) is 5.26 Å². The Morgan fingerprint density at radius 2 is 1.64 bits per heavy atom. The molecule has 1 aliphatic rings. The molecule has 0 spiro atoms. The van der Waals surface area contributed by atoms with E-state index in [2.05, 4.69) is 22.0 Å². The molecule has 2 aromatic carbocycles. The first-order valence-corrected chi connectivity index (χ1v) is 8.14. The summed E-state index contributed by atoms with van der Waals surface area (Å²) in [5.74, 6) is 1.52. The second-order valence-electron chi connectivity index (χ2n) is 5.58. The lowest BCUT2D eigenvalue weighted by molar-refractivity contribution is 0.321. The van der Waals surface area contributed by atoms with Crippen LogP contribution in [0.5, 0.6) is 11.5 Å². The van der Waals surface area contributed by atoms with Crippen molar-refractivity contribution in [2.45, 2.75) is 0 Å². The monoisotopic (exact) mass is 336 g/mol. The Kier molecular flexibility index (Phi) is 5.37. The minimum absolute atomic E-state index is 0.350. The molecular weight excluding hydrogens is 316 g/mol. The molecule has 128 valence electrons. The molecule has 0 aliphatic carbocycles. The van der Waals surface area contributed by atoms with Gasteiger partial charge in [0.15, 0.2) is 0 Å². The van der Waals surface area contributed by atoms with Gasteiger partial charge in [0.1, 0.15) is 11.5 Å². The van der Waals surface area contributed by atoms with Crippen molar-refractivity contribution in [3.05, 3.63) is 54.6 Å². The topological polar surface area (TPSA) is 61.1 Å². The van der Waals surface area contributed by atoms with Crippen LogP contribution in [0.25, 0.3) is 0 Å². The first kappa shape index (κ1) is 16.7. The number of aliphatic imine (C=N–C) groups is 1. The zero-order valence-corrected chi connectivity index (χ0v) is 14.1. The number of nitriles is 1. The van der Waals surface area contributed by atoms with Crippen molar-refractivity contribution in [1.29, 1.82) is 5.26 Å². The normalized spacial score (nSPS) is 14.8. The van der Waals surface area contributed by atoms with Crippen molar-refractivity contribution in [1.82, 2.24) is 4.90 Å². The third-order valence-electron chi connectivity index (χ3n) is 4.09. The molecule has 0 bridgehead atoms. The second-order valence-corrected chi connectivity index (χ2v) is 5.58. The number of piperazine rings is 1. The maximum Gasteiger partial charge on any atom is 0.308 e. The van der Waals surface area contributed by atoms with Gasteiger partial charge in [0, 0.05) is 31.9 Å². The maximum absolute atomic E-state index is 8.96. The number of amidine groups is 1. The Morgan fingerprint density at radius 1 is 0.960 bits per heavy atom. The van der Waals surface area contributed by atoms with Crippen molar-refractivity contribution in [2.75, 3.05) is 38.2 Å². The molecule has 1 saturated heterocycles. The third-order valence-corrected chi connectivity index (χ3v) is 4.09. The number of para-hydroxylation sites is 1. The number of ether oxygens (including phenoxy) is 2. The van der Waals surface area contributed by atoms with Crippen LogP contribution in [0.1, 0.15) is 0 Å². The number of rotatable bonds is 3. The molecule has 0 amide bonds. The van der Waals surface area contributed by atoms with E-state index in [9.17, 15) is 0 Å². The molecule has 1 aliphatic heterocycles. The zero-order chi connectivity index (χ0) is 17.5. The average Bonchev–Trinajstić information content (AvgIpc) is 2.69. The van der Waals surface area contributed by atoms with Gasteiger partial charge in [0.25, 0.3) is 0 Å². The second kappa shape index (κ2) is 8.06. The van der Waals surface area contributed by atoms with Crippen molar-refractivity contribution >= 4 is 11.7 Å². The molecule has 0 radical (unpaired) electrons. The molecule has 6 heteroatoms. The molecule has 6 nitrogen and oxygen atoms in total. The minimum atomic E-state index is 0.350. The van der Waals surface area contributed by atoms with Crippen LogP contribution < -0.4 is 14.4 Å². The predicted molar refractivity (Wildman–Crippen MR) is 96.9 cm³/mol. The Labute approximate surface area is 147 Å². The van der Waals surface area contributed by atoms with E-state index in [1.165, 1.54) is 0 Å². The fourth-order valence-electron chi connectivity index (χ4n) is 2.74. The Balaban J connectivity index is 1.63. The highest BCUT2D eigenvalue weighted by Crippen LogP contribution is 2.21. The largest absolute Gasteiger partial charge is 0.497 e. The van der Waals surface area contributed by atoms with Gasteiger partial charge in [0.2, 0.25) is 6.19 Å². The van der Waals surface area contributed by atoms with E-state index in [0.717, 1.165) is 37.6 Å². The van der Waals surface area contributed by atoms with Crippen LogP contribution in [0.3, 0.4) is 0 Å². The van der Waals surface area contributed by atoms with Gasteiger partial charge in [-0.3, -0.25) is 0 Å². The number of benzene rings is 2. The van der Waals surface area contributed by atoms with Crippen LogP contribution in [0, 0.1) is 11.5 Å². The van der Waals surface area contributed by atoms with Crippen molar-refractivity contribution in [3.8, 4) is 17.7 Å². The number of nitrogens with zero attached hydrogens (tertiary/aromatic N) is 4. The Hall–Kier alpha value is -3.20. The maximum atomic E-state index is 8.96. The summed E-state index contributed by atoms with van der Waals surface area (Å²) in [4.78, 5) is 8.14. The summed E-state index contributed by atoms with van der Waals surface area (Å²) >= 11 is 0. The summed E-state index contributed by atoms with van der Waals surface area (Å²) in [5, 5.41) is 8.96. The quantitative estimate of drug-likeness (QED) is 0.490. The molecule has 0 atom stereocenters. The molecule has 25 heavy (non-hydrogen) atoms. The fourth-order valence-corrected chi connectivity index (χ4v) is 2.74. The third kappa shape index (κ3) is 4.21. The number of hydrogen-bond donors (Lipinski definition) is 0. The van der Waals surface area contributed by atoms with E-state index in [1.54, 1.807) is 7.11 Å². The van der Waals surface area contributed by atoms with Crippen LogP contribution in [-0.4, -0.2) is 44.2 Å². The molecule has 0 N–H and O–H groups in total. The first-order chi connectivity index (χ1) is 12.3. The van der Waals surface area contributed by atoms with Crippen molar-refractivity contribution in [2.24, 2.45) is 4.99 Å². The lowest BCUT2D eigenvalue weighted by Gasteiger charge is -2.36. The summed E-state index contributed by atoms with van der Waals surface area (Å²) in [6.07, 6.45) is 1.83. The Morgan fingerprint density at radius 3 is 2.24 bits per heavy atom. The first-order valence-electron chi connectivity index (χ1n) is 8.14. The minimum Gasteiger partial charge on any atom is -0.497 e. The number of anilines is 1. The summed E-state index contributed by atoms with van der Waals surface area (Å²) in [5.41, 5.74) is 1.16. The zero-order valence-electron chi connectivity index (χ0n) is 14.1. The highest BCUT2D eigenvalue weighted by molar-refractivity contribution is 5.77. The number of hydrogen-bond acceptors (Lipinski definition) is 5. The van der Waals surface area contributed by atoms with Gasteiger partial charge in [-0.25, -0.2) is 0 Å². The lowest BCUT2D eigenvalue weighted by atomic mass is 10.2. The highest BCUT2D eigenvalue weighted by Gasteiger charge is 2.21. The molecule has 0 saturated carbocycles. The van der Waals surface area contributed by atoms with Gasteiger partial charge in [-0.15, -0.1) is 4.99 Å². The van der Waals surface area contributed by atoms with Gasteiger partial charge >= 0.3 is 6.02 Å². The van der Waals surface area contributed by atoms with Crippen LogP contribution in [0.4, 0.5) is 5.69 Å². The van der Waals surface area contributed by atoms with Gasteiger partial charge in [-0.05, 0) is 36.4 Å². The summed E-state index contributed by atoms with van der Waals surface area (Å²) in [7, 11) is 1.66. The summed E-state index contributed by atoms with van der Waals surface area (Å²) < 4.78 is 11.0. The molecule has 1 fully saturated rings. The Bertz CT molecular complexity index is 745. The summed E-state index contributed by atoms with van der Waals surface area (Å²) in [6, 6.07) is 17.8. The van der Waals surface area contributed by atoms with E-state index < -0.39 is 0 Å². The molecule has 0 unspecified atom stereocenters. The van der Waals surface area contributed by atoms with E-state index in [4.69, 9.17) is 14.7 Å². The van der Waals surface area contributed by atoms with E-state index >= 15 is 0 Å². The van der Waals surface area contributed by atoms with Crippen molar-refractivity contribution < 1.29 is 9.47 Å². The fraction of sp³-hybridized carbons (Fsp3) is 0.263. The van der Waals surface area contributed by atoms with Gasteiger partial charge in [-0.1, -0.05) is 18.2 Å². The van der Waals surface area contributed by atoms with Crippen LogP contribution in [-0.2, 0) is 0 Å².